The fourth-order valence-electron chi connectivity index (χ4n) is 3.43. The number of aromatic nitrogens is 4. The lowest BCUT2D eigenvalue weighted by atomic mass is 10.1. The Kier molecular flexibility index (Phi) is 7.55. The van der Waals surface area contributed by atoms with E-state index in [1.807, 2.05) is 0 Å². The summed E-state index contributed by atoms with van der Waals surface area (Å²) in [6.07, 6.45) is 1.51. The van der Waals surface area contributed by atoms with Crippen molar-refractivity contribution in [2.75, 3.05) is 5.32 Å². The fourth-order valence-corrected chi connectivity index (χ4v) is 4.16. The largest absolute Gasteiger partial charge is 0.470 e. The van der Waals surface area contributed by atoms with Gasteiger partial charge in [0.25, 0.3) is 5.91 Å². The van der Waals surface area contributed by atoms with Gasteiger partial charge in [-0.25, -0.2) is 26.6 Å². The van der Waals surface area contributed by atoms with Gasteiger partial charge in [0.15, 0.2) is 35.7 Å². The van der Waals surface area contributed by atoms with Gasteiger partial charge in [-0.1, -0.05) is 27.5 Å². The van der Waals surface area contributed by atoms with E-state index in [-0.39, 0.29) is 29.5 Å². The van der Waals surface area contributed by atoms with Gasteiger partial charge in [-0.3, -0.25) is 9.48 Å². The lowest BCUT2D eigenvalue weighted by molar-refractivity contribution is 0.102. The Bertz CT molecular complexity index is 1490. The molecule has 14 heteroatoms. The Morgan fingerprint density at radius 3 is 2.32 bits per heavy atom. The van der Waals surface area contributed by atoms with E-state index in [0.29, 0.717) is 10.8 Å². The van der Waals surface area contributed by atoms with Gasteiger partial charge in [-0.05, 0) is 38.1 Å². The van der Waals surface area contributed by atoms with Crippen molar-refractivity contribution < 1.29 is 31.5 Å². The third-order valence-electron chi connectivity index (χ3n) is 5.35. The smallest absolute Gasteiger partial charge is 0.276 e. The molecule has 194 valence electrons. The number of hydrogen-bond acceptors (Lipinski definition) is 4. The SMILES string of the molecule is Cc1nn(Cc2c(F)c(F)c(F)c(F)c2F)c(C)c1NC(=O)c1ccn(COc2ccc(Br)cc2Cl)n1. The summed E-state index contributed by atoms with van der Waals surface area (Å²) < 4.78 is 77.5. The second-order valence-electron chi connectivity index (χ2n) is 7.79. The second-order valence-corrected chi connectivity index (χ2v) is 9.12. The van der Waals surface area contributed by atoms with Crippen LogP contribution in [-0.4, -0.2) is 25.5 Å². The zero-order valence-corrected chi connectivity index (χ0v) is 21.4. The Balaban J connectivity index is 1.48. The maximum absolute atomic E-state index is 14.1. The van der Waals surface area contributed by atoms with Gasteiger partial charge >= 0.3 is 0 Å². The summed E-state index contributed by atoms with van der Waals surface area (Å²) in [5.74, 6) is -10.5. The number of amides is 1. The molecule has 2 aromatic heterocycles. The molecule has 4 aromatic rings. The molecule has 1 amide bonds. The number of carbonyl (C=O) groups is 1. The maximum atomic E-state index is 14.1. The van der Waals surface area contributed by atoms with Crippen LogP contribution in [0.3, 0.4) is 0 Å². The lowest BCUT2D eigenvalue weighted by Crippen LogP contribution is -2.16. The molecule has 0 fully saturated rings. The number of aryl methyl sites for hydroxylation is 1. The van der Waals surface area contributed by atoms with Crippen molar-refractivity contribution in [3.63, 3.8) is 0 Å². The highest BCUT2D eigenvalue weighted by molar-refractivity contribution is 9.10. The zero-order valence-electron chi connectivity index (χ0n) is 19.1. The van der Waals surface area contributed by atoms with Crippen molar-refractivity contribution in [3.8, 4) is 5.75 Å². The molecule has 37 heavy (non-hydrogen) atoms. The number of rotatable bonds is 7. The summed E-state index contributed by atoms with van der Waals surface area (Å²) in [7, 11) is 0. The molecule has 0 aliphatic rings. The molecule has 0 saturated carbocycles. The summed E-state index contributed by atoms with van der Waals surface area (Å²) in [4.78, 5) is 12.7. The first-order valence-electron chi connectivity index (χ1n) is 10.4. The molecule has 0 saturated heterocycles. The Morgan fingerprint density at radius 1 is 1.03 bits per heavy atom. The van der Waals surface area contributed by atoms with E-state index in [1.54, 1.807) is 18.2 Å². The van der Waals surface area contributed by atoms with Crippen molar-refractivity contribution in [1.29, 1.82) is 0 Å². The highest BCUT2D eigenvalue weighted by atomic mass is 79.9. The van der Waals surface area contributed by atoms with E-state index in [2.05, 4.69) is 31.4 Å². The molecule has 0 atom stereocenters. The van der Waals surface area contributed by atoms with Crippen LogP contribution in [0.4, 0.5) is 27.6 Å². The van der Waals surface area contributed by atoms with E-state index in [9.17, 15) is 26.7 Å². The van der Waals surface area contributed by atoms with Gasteiger partial charge in [-0.2, -0.15) is 10.2 Å². The molecule has 2 heterocycles. The average Bonchev–Trinajstić information content (AvgIpc) is 3.44. The predicted molar refractivity (Wildman–Crippen MR) is 127 cm³/mol. The van der Waals surface area contributed by atoms with Crippen molar-refractivity contribution in [2.45, 2.75) is 27.1 Å². The fraction of sp³-hybridized carbons (Fsp3) is 0.174. The van der Waals surface area contributed by atoms with E-state index < -0.39 is 47.1 Å². The summed E-state index contributed by atoms with van der Waals surface area (Å²) >= 11 is 9.41. The van der Waals surface area contributed by atoms with Crippen LogP contribution in [0.1, 0.15) is 27.4 Å². The zero-order chi connectivity index (χ0) is 27.0. The van der Waals surface area contributed by atoms with Gasteiger partial charge in [0.05, 0.1) is 34.2 Å². The minimum Gasteiger partial charge on any atom is -0.470 e. The highest BCUT2D eigenvalue weighted by Gasteiger charge is 2.27. The van der Waals surface area contributed by atoms with Gasteiger partial charge in [-0.15, -0.1) is 0 Å². The van der Waals surface area contributed by atoms with Crippen LogP contribution in [0, 0.1) is 42.9 Å². The molecular weight excluding hydrogens is 589 g/mol. The van der Waals surface area contributed by atoms with Crippen LogP contribution >= 0.6 is 27.5 Å². The number of nitrogens with zero attached hydrogens (tertiary/aromatic N) is 4. The van der Waals surface area contributed by atoms with Gasteiger partial charge in [0.1, 0.15) is 5.75 Å². The standard InChI is InChI=1S/C23H16BrClF5N5O2/c1-10-22(11(2)35(32-10)8-13-17(26)19(28)21(30)20(29)18(13)27)31-23(36)15-5-6-34(33-15)9-37-16-4-3-12(24)7-14(16)25/h3-7H,8-9H2,1-2H3,(H,31,36). The number of hydrogen-bond donors (Lipinski definition) is 1. The second kappa shape index (κ2) is 10.5. The van der Waals surface area contributed by atoms with Crippen LogP contribution in [0.15, 0.2) is 34.9 Å². The van der Waals surface area contributed by atoms with Crippen molar-refractivity contribution in [2.24, 2.45) is 0 Å². The van der Waals surface area contributed by atoms with Crippen LogP contribution in [0.2, 0.25) is 5.02 Å². The molecule has 7 nitrogen and oxygen atoms in total. The summed E-state index contributed by atoms with van der Waals surface area (Å²) in [5.41, 5.74) is -0.354. The van der Waals surface area contributed by atoms with Crippen LogP contribution in [0.5, 0.6) is 5.75 Å². The van der Waals surface area contributed by atoms with E-state index >= 15 is 0 Å². The van der Waals surface area contributed by atoms with Gasteiger partial charge in [0, 0.05) is 10.7 Å². The number of anilines is 1. The molecule has 0 unspecified atom stereocenters. The normalized spacial score (nSPS) is 11.2. The molecular formula is C23H16BrClF5N5O2. The molecule has 0 aliphatic heterocycles. The molecule has 0 bridgehead atoms. The third-order valence-corrected chi connectivity index (χ3v) is 6.14. The minimum atomic E-state index is -2.25. The van der Waals surface area contributed by atoms with Gasteiger partial charge < -0.3 is 10.1 Å². The first kappa shape index (κ1) is 26.6. The van der Waals surface area contributed by atoms with Crippen LogP contribution in [0.25, 0.3) is 0 Å². The monoisotopic (exact) mass is 603 g/mol. The number of nitrogens with one attached hydrogen (secondary N) is 1. The highest BCUT2D eigenvalue weighted by Crippen LogP contribution is 2.28. The number of ether oxygens (including phenoxy) is 1. The molecule has 0 radical (unpaired) electrons. The summed E-state index contributed by atoms with van der Waals surface area (Å²) in [5, 5.41) is 11.2. The molecule has 2 aromatic carbocycles. The van der Waals surface area contributed by atoms with E-state index in [1.165, 1.54) is 30.8 Å². The summed E-state index contributed by atoms with van der Waals surface area (Å²) in [6.45, 7) is 2.19. The molecule has 4 rings (SSSR count). The minimum absolute atomic E-state index is 0.0248. The van der Waals surface area contributed by atoms with Crippen molar-refractivity contribution >= 4 is 39.1 Å². The number of carbonyl (C=O) groups excluding carboxylic acids is 1. The molecule has 0 aliphatic carbocycles. The first-order valence-corrected chi connectivity index (χ1v) is 11.6. The first-order chi connectivity index (χ1) is 17.5. The predicted octanol–water partition coefficient (Wildman–Crippen LogP) is 6.14. The Labute approximate surface area is 219 Å². The van der Waals surface area contributed by atoms with Crippen molar-refractivity contribution in [3.05, 3.63) is 91.7 Å². The average molecular weight is 605 g/mol. The molecule has 1 N–H and O–H groups in total. The lowest BCUT2D eigenvalue weighted by Gasteiger charge is -2.10. The third kappa shape index (κ3) is 5.32. The summed E-state index contributed by atoms with van der Waals surface area (Å²) in [6, 6.07) is 6.51. The van der Waals surface area contributed by atoms with Crippen LogP contribution in [-0.2, 0) is 13.3 Å². The van der Waals surface area contributed by atoms with E-state index in [0.717, 1.165) is 9.15 Å². The topological polar surface area (TPSA) is 74.0 Å². The quantitative estimate of drug-likeness (QED) is 0.156. The Morgan fingerprint density at radius 2 is 1.68 bits per heavy atom. The van der Waals surface area contributed by atoms with Crippen molar-refractivity contribution in [1.82, 2.24) is 19.6 Å². The number of benzene rings is 2. The molecule has 0 spiro atoms. The number of halogens is 7. The Hall–Kier alpha value is -3.45. The maximum Gasteiger partial charge on any atom is 0.276 e. The van der Waals surface area contributed by atoms with Gasteiger partial charge in [0.2, 0.25) is 5.82 Å². The van der Waals surface area contributed by atoms with E-state index in [4.69, 9.17) is 16.3 Å². The van der Waals surface area contributed by atoms with Crippen LogP contribution < -0.4 is 10.1 Å².